The van der Waals surface area contributed by atoms with E-state index in [2.05, 4.69) is 51.8 Å². The molecule has 0 aromatic heterocycles. The third-order valence-corrected chi connectivity index (χ3v) is 5.51. The lowest BCUT2D eigenvalue weighted by atomic mass is 9.75. The molecule has 0 aromatic rings. The van der Waals surface area contributed by atoms with Gasteiger partial charge in [0, 0.05) is 6.04 Å². The van der Waals surface area contributed by atoms with Crippen molar-refractivity contribution in [2.45, 2.75) is 91.4 Å². The smallest absolute Gasteiger partial charge is 0.244 e. The zero-order valence-corrected chi connectivity index (χ0v) is 14.1. The summed E-state index contributed by atoms with van der Waals surface area (Å²) in [5.74, 6) is 0.783. The fourth-order valence-corrected chi connectivity index (χ4v) is 3.67. The van der Waals surface area contributed by atoms with Gasteiger partial charge in [-0.3, -0.25) is 10.1 Å². The molecule has 1 saturated carbocycles. The number of carbonyl (C=O) groups is 1. The van der Waals surface area contributed by atoms with Crippen LogP contribution in [0, 0.1) is 11.3 Å². The van der Waals surface area contributed by atoms with Crippen molar-refractivity contribution in [2.24, 2.45) is 11.3 Å². The minimum atomic E-state index is -0.359. The zero-order chi connectivity index (χ0) is 15.1. The number of carbonyl (C=O) groups excluding carboxylic acids is 1. The van der Waals surface area contributed by atoms with Crippen LogP contribution in [0.4, 0.5) is 0 Å². The van der Waals surface area contributed by atoms with Gasteiger partial charge in [0.15, 0.2) is 0 Å². The third kappa shape index (κ3) is 2.74. The Morgan fingerprint density at radius 3 is 2.25 bits per heavy atom. The summed E-state index contributed by atoms with van der Waals surface area (Å²) in [5, 5.41) is 3.61. The van der Waals surface area contributed by atoms with Crippen LogP contribution in [0.3, 0.4) is 0 Å². The van der Waals surface area contributed by atoms with Crippen molar-refractivity contribution < 1.29 is 4.79 Å². The van der Waals surface area contributed by atoms with Gasteiger partial charge < -0.3 is 4.90 Å². The van der Waals surface area contributed by atoms with Crippen molar-refractivity contribution in [3.05, 3.63) is 0 Å². The molecule has 1 saturated heterocycles. The fraction of sp³-hybridized carbons (Fsp3) is 0.941. The Bertz CT molecular complexity index is 367. The van der Waals surface area contributed by atoms with Gasteiger partial charge in [0.1, 0.15) is 0 Å². The molecule has 2 aliphatic rings. The summed E-state index contributed by atoms with van der Waals surface area (Å²) in [5.41, 5.74) is 0.0932. The highest BCUT2D eigenvalue weighted by Gasteiger charge is 2.50. The molecular formula is C17H32N2O. The highest BCUT2D eigenvalue weighted by atomic mass is 16.2. The van der Waals surface area contributed by atoms with Gasteiger partial charge in [0.2, 0.25) is 5.91 Å². The summed E-state index contributed by atoms with van der Waals surface area (Å²) in [6.45, 7) is 13.3. The maximum atomic E-state index is 12.9. The standard InChI is InChI=1S/C17H32N2O/c1-7-17(6)15(20)19(14(18-17)12(2)3)13-8-10-16(4,5)11-9-13/h12-14,18H,7-11H2,1-6H3. The molecule has 0 aromatic carbocycles. The SMILES string of the molecule is CCC1(C)NC(C(C)C)N(C2CCC(C)(C)CC2)C1=O. The van der Waals surface area contributed by atoms with Crippen LogP contribution in [-0.4, -0.2) is 28.6 Å². The second kappa shape index (κ2) is 5.32. The minimum Gasteiger partial charge on any atom is -0.322 e. The monoisotopic (exact) mass is 280 g/mol. The average molecular weight is 280 g/mol. The highest BCUT2D eigenvalue weighted by molar-refractivity contribution is 5.88. The number of hydrogen-bond acceptors (Lipinski definition) is 2. The Morgan fingerprint density at radius 2 is 1.80 bits per heavy atom. The number of hydrogen-bond donors (Lipinski definition) is 1. The minimum absolute atomic E-state index is 0.207. The van der Waals surface area contributed by atoms with Gasteiger partial charge in [-0.1, -0.05) is 34.6 Å². The van der Waals surface area contributed by atoms with Crippen molar-refractivity contribution >= 4 is 5.91 Å². The normalized spacial score (nSPS) is 35.0. The van der Waals surface area contributed by atoms with Crippen LogP contribution in [0.15, 0.2) is 0 Å². The molecular weight excluding hydrogens is 248 g/mol. The first-order chi connectivity index (χ1) is 9.20. The first-order valence-electron chi connectivity index (χ1n) is 8.31. The quantitative estimate of drug-likeness (QED) is 0.857. The summed E-state index contributed by atoms with van der Waals surface area (Å²) in [4.78, 5) is 15.1. The molecule has 1 heterocycles. The van der Waals surface area contributed by atoms with Crippen LogP contribution in [0.5, 0.6) is 0 Å². The Balaban J connectivity index is 2.18. The van der Waals surface area contributed by atoms with Gasteiger partial charge in [0.05, 0.1) is 11.7 Å². The van der Waals surface area contributed by atoms with E-state index in [0.29, 0.717) is 23.3 Å². The van der Waals surface area contributed by atoms with E-state index in [-0.39, 0.29) is 11.7 Å². The molecule has 116 valence electrons. The number of nitrogens with zero attached hydrogens (tertiary/aromatic N) is 1. The molecule has 1 N–H and O–H groups in total. The molecule has 2 rings (SSSR count). The van der Waals surface area contributed by atoms with E-state index in [1.165, 1.54) is 12.8 Å². The predicted octanol–water partition coefficient (Wildman–Crippen LogP) is 3.54. The van der Waals surface area contributed by atoms with Gasteiger partial charge >= 0.3 is 0 Å². The van der Waals surface area contributed by atoms with Crippen LogP contribution in [0.25, 0.3) is 0 Å². The van der Waals surface area contributed by atoms with Gasteiger partial charge in [-0.2, -0.15) is 0 Å². The van der Waals surface area contributed by atoms with E-state index < -0.39 is 0 Å². The topological polar surface area (TPSA) is 32.3 Å². The number of rotatable bonds is 3. The van der Waals surface area contributed by atoms with Gasteiger partial charge in [-0.25, -0.2) is 0 Å². The molecule has 2 fully saturated rings. The van der Waals surface area contributed by atoms with E-state index in [0.717, 1.165) is 19.3 Å². The Morgan fingerprint density at radius 1 is 1.25 bits per heavy atom. The molecule has 1 aliphatic carbocycles. The van der Waals surface area contributed by atoms with E-state index in [1.54, 1.807) is 0 Å². The molecule has 0 bridgehead atoms. The molecule has 0 radical (unpaired) electrons. The molecule has 0 spiro atoms. The van der Waals surface area contributed by atoms with Crippen molar-refractivity contribution in [2.75, 3.05) is 0 Å². The number of nitrogens with one attached hydrogen (secondary N) is 1. The predicted molar refractivity (Wildman–Crippen MR) is 83.3 cm³/mol. The van der Waals surface area contributed by atoms with E-state index in [4.69, 9.17) is 0 Å². The van der Waals surface area contributed by atoms with Gasteiger partial charge in [-0.05, 0) is 50.4 Å². The third-order valence-electron chi connectivity index (χ3n) is 5.51. The summed E-state index contributed by atoms with van der Waals surface area (Å²) in [6, 6.07) is 0.434. The summed E-state index contributed by atoms with van der Waals surface area (Å²) < 4.78 is 0. The van der Waals surface area contributed by atoms with Crippen molar-refractivity contribution in [3.8, 4) is 0 Å². The van der Waals surface area contributed by atoms with Crippen LogP contribution >= 0.6 is 0 Å². The van der Waals surface area contributed by atoms with Crippen molar-refractivity contribution in [1.82, 2.24) is 10.2 Å². The van der Waals surface area contributed by atoms with E-state index >= 15 is 0 Å². The average Bonchev–Trinajstić information content (AvgIpc) is 2.64. The first kappa shape index (κ1) is 15.8. The Labute approximate surface area is 124 Å². The lowest BCUT2D eigenvalue weighted by Crippen LogP contribution is -2.49. The first-order valence-corrected chi connectivity index (χ1v) is 8.31. The highest BCUT2D eigenvalue weighted by Crippen LogP contribution is 2.40. The van der Waals surface area contributed by atoms with Crippen LogP contribution < -0.4 is 5.32 Å². The van der Waals surface area contributed by atoms with Crippen molar-refractivity contribution in [1.29, 1.82) is 0 Å². The van der Waals surface area contributed by atoms with Crippen LogP contribution in [-0.2, 0) is 4.79 Å². The maximum absolute atomic E-state index is 12.9. The summed E-state index contributed by atoms with van der Waals surface area (Å²) >= 11 is 0. The number of amides is 1. The fourth-order valence-electron chi connectivity index (χ4n) is 3.67. The van der Waals surface area contributed by atoms with E-state index in [9.17, 15) is 4.79 Å². The largest absolute Gasteiger partial charge is 0.322 e. The molecule has 1 aliphatic heterocycles. The molecule has 20 heavy (non-hydrogen) atoms. The zero-order valence-electron chi connectivity index (χ0n) is 14.1. The maximum Gasteiger partial charge on any atom is 0.244 e. The molecule has 2 unspecified atom stereocenters. The Kier molecular flexibility index (Phi) is 4.21. The van der Waals surface area contributed by atoms with Crippen LogP contribution in [0.2, 0.25) is 0 Å². The molecule has 3 heteroatoms. The molecule has 3 nitrogen and oxygen atoms in total. The lowest BCUT2D eigenvalue weighted by Gasteiger charge is -2.41. The van der Waals surface area contributed by atoms with Crippen LogP contribution in [0.1, 0.15) is 73.6 Å². The summed E-state index contributed by atoms with van der Waals surface area (Å²) in [6.07, 6.45) is 5.85. The Hall–Kier alpha value is -0.570. The second-order valence-electron chi connectivity index (χ2n) is 8.13. The van der Waals surface area contributed by atoms with Gasteiger partial charge in [0.25, 0.3) is 0 Å². The van der Waals surface area contributed by atoms with Gasteiger partial charge in [-0.15, -0.1) is 0 Å². The van der Waals surface area contributed by atoms with Crippen molar-refractivity contribution in [3.63, 3.8) is 0 Å². The molecule has 1 amide bonds. The van der Waals surface area contributed by atoms with E-state index in [1.807, 2.05) is 0 Å². The second-order valence-corrected chi connectivity index (χ2v) is 8.13. The molecule has 2 atom stereocenters. The summed E-state index contributed by atoms with van der Waals surface area (Å²) in [7, 11) is 0. The lowest BCUT2D eigenvalue weighted by molar-refractivity contribution is -0.136.